The largest absolute Gasteiger partial charge is 0.369 e. The van der Waals surface area contributed by atoms with Gasteiger partial charge in [0.05, 0.1) is 11.2 Å². The summed E-state index contributed by atoms with van der Waals surface area (Å²) in [5, 5.41) is 0. The molecule has 1 aliphatic rings. The molecule has 2 rings (SSSR count). The van der Waals surface area contributed by atoms with E-state index in [4.69, 9.17) is 10.5 Å². The Kier molecular flexibility index (Phi) is 3.91. The number of hydrogen-bond acceptors (Lipinski definition) is 2. The first-order valence-corrected chi connectivity index (χ1v) is 7.00. The van der Waals surface area contributed by atoms with Crippen molar-refractivity contribution in [2.24, 2.45) is 11.7 Å². The van der Waals surface area contributed by atoms with Crippen molar-refractivity contribution in [2.45, 2.75) is 57.8 Å². The highest BCUT2D eigenvalue weighted by atomic mass is 19.1. The summed E-state index contributed by atoms with van der Waals surface area (Å²) in [5.41, 5.74) is 6.34. The van der Waals surface area contributed by atoms with Gasteiger partial charge in [-0.2, -0.15) is 0 Å². The summed E-state index contributed by atoms with van der Waals surface area (Å²) in [6.07, 6.45) is 1.29. The maximum Gasteiger partial charge on any atom is 0.126 e. The van der Waals surface area contributed by atoms with Gasteiger partial charge in [-0.05, 0) is 58.2 Å². The van der Waals surface area contributed by atoms with Crippen LogP contribution in [0, 0.1) is 17.6 Å². The van der Waals surface area contributed by atoms with Gasteiger partial charge < -0.3 is 10.5 Å². The van der Waals surface area contributed by atoms with Crippen LogP contribution in [-0.2, 0) is 11.2 Å². The molecule has 1 fully saturated rings. The molecule has 0 amide bonds. The number of benzene rings is 1. The Labute approximate surface area is 119 Å². The van der Waals surface area contributed by atoms with E-state index in [1.807, 2.05) is 27.7 Å². The van der Waals surface area contributed by atoms with Crippen LogP contribution < -0.4 is 5.73 Å². The third-order valence-corrected chi connectivity index (χ3v) is 4.05. The quantitative estimate of drug-likeness (QED) is 0.922. The Balaban J connectivity index is 2.14. The molecule has 2 unspecified atom stereocenters. The minimum Gasteiger partial charge on any atom is -0.369 e. The van der Waals surface area contributed by atoms with Crippen LogP contribution in [0.5, 0.6) is 0 Å². The van der Waals surface area contributed by atoms with Crippen LogP contribution in [0.4, 0.5) is 8.78 Å². The Bertz CT molecular complexity index is 479. The van der Waals surface area contributed by atoms with Crippen LogP contribution in [0.3, 0.4) is 0 Å². The zero-order valence-electron chi connectivity index (χ0n) is 12.5. The van der Waals surface area contributed by atoms with E-state index in [-0.39, 0.29) is 23.2 Å². The van der Waals surface area contributed by atoms with Crippen molar-refractivity contribution in [3.8, 4) is 0 Å². The Morgan fingerprint density at radius 3 is 2.20 bits per heavy atom. The molecule has 0 aliphatic carbocycles. The Morgan fingerprint density at radius 1 is 1.20 bits per heavy atom. The smallest absolute Gasteiger partial charge is 0.126 e. The lowest BCUT2D eigenvalue weighted by Gasteiger charge is -2.31. The Hall–Kier alpha value is -1.00. The first-order chi connectivity index (χ1) is 9.09. The van der Waals surface area contributed by atoms with Crippen LogP contribution >= 0.6 is 0 Å². The molecule has 0 bridgehead atoms. The molecule has 2 atom stereocenters. The first kappa shape index (κ1) is 15.4. The number of hydrogen-bond donors (Lipinski definition) is 1. The third-order valence-electron chi connectivity index (χ3n) is 4.05. The molecule has 1 aromatic rings. The maximum atomic E-state index is 13.2. The zero-order valence-corrected chi connectivity index (χ0v) is 12.5. The van der Waals surface area contributed by atoms with Crippen molar-refractivity contribution >= 4 is 0 Å². The van der Waals surface area contributed by atoms with E-state index in [2.05, 4.69) is 0 Å². The minimum absolute atomic E-state index is 0.156. The number of halogens is 2. The van der Waals surface area contributed by atoms with Crippen molar-refractivity contribution in [3.05, 3.63) is 35.4 Å². The Morgan fingerprint density at radius 2 is 1.75 bits per heavy atom. The SMILES string of the molecule is CC1(C)CC(C(N)Cc2cc(F)cc(F)c2)C(C)(C)O1. The molecule has 4 heteroatoms. The normalized spacial score (nSPS) is 25.6. The third kappa shape index (κ3) is 3.36. The van der Waals surface area contributed by atoms with Crippen molar-refractivity contribution in [2.75, 3.05) is 0 Å². The first-order valence-electron chi connectivity index (χ1n) is 7.00. The number of nitrogens with two attached hydrogens (primary N) is 1. The van der Waals surface area contributed by atoms with Crippen molar-refractivity contribution in [1.29, 1.82) is 0 Å². The molecule has 1 heterocycles. The standard InChI is InChI=1S/C16H23F2NO/c1-15(2)9-13(16(3,4)20-15)14(19)7-10-5-11(17)8-12(18)6-10/h5-6,8,13-14H,7,9,19H2,1-4H3. The van der Waals surface area contributed by atoms with E-state index in [0.717, 1.165) is 12.5 Å². The van der Waals surface area contributed by atoms with Crippen LogP contribution in [0.1, 0.15) is 39.7 Å². The molecule has 0 aromatic heterocycles. The predicted octanol–water partition coefficient (Wildman–Crippen LogP) is 3.43. The fourth-order valence-corrected chi connectivity index (χ4v) is 3.42. The molecular weight excluding hydrogens is 260 g/mol. The van der Waals surface area contributed by atoms with Crippen molar-refractivity contribution in [1.82, 2.24) is 0 Å². The van der Waals surface area contributed by atoms with Crippen LogP contribution in [0.25, 0.3) is 0 Å². The molecule has 112 valence electrons. The maximum absolute atomic E-state index is 13.2. The van der Waals surface area contributed by atoms with Crippen LogP contribution in [-0.4, -0.2) is 17.2 Å². The lowest BCUT2D eigenvalue weighted by atomic mass is 9.80. The van der Waals surface area contributed by atoms with E-state index in [0.29, 0.717) is 12.0 Å². The molecule has 1 saturated heterocycles. The van der Waals surface area contributed by atoms with E-state index in [1.54, 1.807) is 0 Å². The second kappa shape index (κ2) is 5.08. The van der Waals surface area contributed by atoms with E-state index >= 15 is 0 Å². The summed E-state index contributed by atoms with van der Waals surface area (Å²) in [7, 11) is 0. The molecule has 0 saturated carbocycles. The van der Waals surface area contributed by atoms with Gasteiger partial charge in [0.15, 0.2) is 0 Å². The van der Waals surface area contributed by atoms with Crippen LogP contribution in [0.15, 0.2) is 18.2 Å². The van der Waals surface area contributed by atoms with Gasteiger partial charge in [0.1, 0.15) is 11.6 Å². The molecule has 0 spiro atoms. The number of ether oxygens (including phenoxy) is 1. The van der Waals surface area contributed by atoms with Crippen molar-refractivity contribution < 1.29 is 13.5 Å². The highest BCUT2D eigenvalue weighted by Crippen LogP contribution is 2.43. The van der Waals surface area contributed by atoms with E-state index in [9.17, 15) is 8.78 Å². The van der Waals surface area contributed by atoms with Gasteiger partial charge in [0.2, 0.25) is 0 Å². The van der Waals surface area contributed by atoms with Gasteiger partial charge >= 0.3 is 0 Å². The van der Waals surface area contributed by atoms with Gasteiger partial charge in [-0.1, -0.05) is 0 Å². The summed E-state index contributed by atoms with van der Waals surface area (Å²) in [5.74, 6) is -0.965. The summed E-state index contributed by atoms with van der Waals surface area (Å²) >= 11 is 0. The van der Waals surface area contributed by atoms with Gasteiger partial charge in [0.25, 0.3) is 0 Å². The molecule has 1 aliphatic heterocycles. The van der Waals surface area contributed by atoms with Gasteiger partial charge in [-0.3, -0.25) is 0 Å². The van der Waals surface area contributed by atoms with E-state index in [1.165, 1.54) is 12.1 Å². The highest BCUT2D eigenvalue weighted by molar-refractivity contribution is 5.19. The topological polar surface area (TPSA) is 35.2 Å². The van der Waals surface area contributed by atoms with Gasteiger partial charge in [-0.15, -0.1) is 0 Å². The predicted molar refractivity (Wildman–Crippen MR) is 75.4 cm³/mol. The molecule has 0 radical (unpaired) electrons. The van der Waals surface area contributed by atoms with Crippen molar-refractivity contribution in [3.63, 3.8) is 0 Å². The molecular formula is C16H23F2NO. The lowest BCUT2D eigenvalue weighted by molar-refractivity contribution is -0.0765. The molecule has 2 nitrogen and oxygen atoms in total. The zero-order chi connectivity index (χ0) is 15.1. The molecule has 1 aromatic carbocycles. The second-order valence-electron chi connectivity index (χ2n) is 6.92. The average molecular weight is 283 g/mol. The average Bonchev–Trinajstić information content (AvgIpc) is 2.44. The van der Waals surface area contributed by atoms with Gasteiger partial charge in [-0.25, -0.2) is 8.78 Å². The summed E-state index contributed by atoms with van der Waals surface area (Å²) in [6, 6.07) is 3.38. The second-order valence-corrected chi connectivity index (χ2v) is 6.92. The summed E-state index contributed by atoms with van der Waals surface area (Å²) in [4.78, 5) is 0. The number of rotatable bonds is 3. The summed E-state index contributed by atoms with van der Waals surface area (Å²) < 4.78 is 32.5. The summed E-state index contributed by atoms with van der Waals surface area (Å²) in [6.45, 7) is 8.14. The molecule has 20 heavy (non-hydrogen) atoms. The highest BCUT2D eigenvalue weighted by Gasteiger charge is 2.48. The minimum atomic E-state index is -0.561. The fourth-order valence-electron chi connectivity index (χ4n) is 3.42. The lowest BCUT2D eigenvalue weighted by Crippen LogP contribution is -2.42. The monoisotopic (exact) mass is 283 g/mol. The van der Waals surface area contributed by atoms with Gasteiger partial charge in [0, 0.05) is 18.0 Å². The fraction of sp³-hybridized carbons (Fsp3) is 0.625. The van der Waals surface area contributed by atoms with E-state index < -0.39 is 11.6 Å². The van der Waals surface area contributed by atoms with Crippen LogP contribution in [0.2, 0.25) is 0 Å². The molecule has 2 N–H and O–H groups in total.